The molecule has 156 valence electrons. The summed E-state index contributed by atoms with van der Waals surface area (Å²) in [7, 11) is -1.79. The fourth-order valence-electron chi connectivity index (χ4n) is 4.06. The highest BCUT2D eigenvalue weighted by Gasteiger charge is 2.37. The summed E-state index contributed by atoms with van der Waals surface area (Å²) in [6.45, 7) is 5.25. The Balaban J connectivity index is 1.53. The van der Waals surface area contributed by atoms with Gasteiger partial charge in [-0.1, -0.05) is 26.0 Å². The van der Waals surface area contributed by atoms with E-state index in [0.717, 1.165) is 18.5 Å². The van der Waals surface area contributed by atoms with E-state index in [-0.39, 0.29) is 22.6 Å². The molecule has 1 fully saturated rings. The average molecular weight is 418 g/mol. The Hall–Kier alpha value is -2.39. The number of benzene rings is 1. The zero-order valence-electron chi connectivity index (χ0n) is 16.9. The topological polar surface area (TPSA) is 96.3 Å². The molecule has 0 saturated carbocycles. The number of hydrogen-bond donors (Lipinski definition) is 2. The number of sulfonamides is 1. The van der Waals surface area contributed by atoms with Crippen LogP contribution in [0.15, 0.2) is 35.2 Å². The van der Waals surface area contributed by atoms with Crippen molar-refractivity contribution in [1.29, 1.82) is 0 Å². The first-order valence-corrected chi connectivity index (χ1v) is 11.5. The van der Waals surface area contributed by atoms with Crippen LogP contribution in [0.5, 0.6) is 0 Å². The van der Waals surface area contributed by atoms with Gasteiger partial charge in [0.05, 0.1) is 17.5 Å². The SMILES string of the molecule is CC(C)c1cc(C(=O)N2CCCC(C3Nc4ccccc4S(=O)(=O)N3)C2)n(C)n1. The Morgan fingerprint density at radius 3 is 2.76 bits per heavy atom. The van der Waals surface area contributed by atoms with Gasteiger partial charge in [-0.2, -0.15) is 9.82 Å². The van der Waals surface area contributed by atoms with Crippen molar-refractivity contribution in [2.24, 2.45) is 13.0 Å². The zero-order chi connectivity index (χ0) is 20.8. The molecule has 2 unspecified atom stereocenters. The standard InChI is InChI=1S/C20H27N5O3S/c1-13(2)16-11-17(24(3)22-16)20(26)25-10-6-7-14(12-25)19-21-15-8-4-5-9-18(15)29(27,28)23-19/h4-5,8-9,11,13-14,19,21,23H,6-7,10,12H2,1-3H3. The van der Waals surface area contributed by atoms with E-state index in [1.54, 1.807) is 29.9 Å². The molecule has 3 heterocycles. The first-order valence-electron chi connectivity index (χ1n) is 9.97. The molecule has 2 aliphatic rings. The second kappa shape index (κ2) is 7.46. The van der Waals surface area contributed by atoms with Crippen LogP contribution in [0.2, 0.25) is 0 Å². The molecular formula is C20H27N5O3S. The number of fused-ring (bicyclic) bond motifs is 1. The molecule has 0 radical (unpaired) electrons. The summed E-state index contributed by atoms with van der Waals surface area (Å²) in [5.74, 6) is 0.169. The van der Waals surface area contributed by atoms with E-state index in [2.05, 4.69) is 15.1 Å². The number of nitrogens with one attached hydrogen (secondary N) is 2. The van der Waals surface area contributed by atoms with Crippen molar-refractivity contribution >= 4 is 21.6 Å². The van der Waals surface area contributed by atoms with Crippen LogP contribution >= 0.6 is 0 Å². The third kappa shape index (κ3) is 3.76. The minimum absolute atomic E-state index is 0.0198. The van der Waals surface area contributed by atoms with Gasteiger partial charge in [0.2, 0.25) is 10.0 Å². The molecule has 1 aromatic heterocycles. The number of para-hydroxylation sites is 1. The summed E-state index contributed by atoms with van der Waals surface area (Å²) in [6, 6.07) is 8.74. The molecule has 2 N–H and O–H groups in total. The van der Waals surface area contributed by atoms with Crippen LogP contribution in [0.1, 0.15) is 48.8 Å². The number of piperidine rings is 1. The minimum atomic E-state index is -3.57. The maximum absolute atomic E-state index is 13.1. The second-order valence-corrected chi connectivity index (χ2v) is 9.81. The Bertz CT molecular complexity index is 1030. The minimum Gasteiger partial charge on any atom is -0.368 e. The number of nitrogens with zero attached hydrogens (tertiary/aromatic N) is 3. The Kier molecular flexibility index (Phi) is 5.12. The molecule has 4 rings (SSSR count). The maximum atomic E-state index is 13.1. The maximum Gasteiger partial charge on any atom is 0.272 e. The van der Waals surface area contributed by atoms with Crippen LogP contribution in [0, 0.1) is 5.92 Å². The van der Waals surface area contributed by atoms with Gasteiger partial charge in [0.1, 0.15) is 10.6 Å². The quantitative estimate of drug-likeness (QED) is 0.798. The highest BCUT2D eigenvalue weighted by molar-refractivity contribution is 7.89. The number of aryl methyl sites for hydroxylation is 1. The molecule has 2 aliphatic heterocycles. The van der Waals surface area contributed by atoms with Gasteiger partial charge in [0.15, 0.2) is 0 Å². The molecule has 0 bridgehead atoms. The van der Waals surface area contributed by atoms with Crippen molar-refractivity contribution in [2.75, 3.05) is 18.4 Å². The van der Waals surface area contributed by atoms with E-state index in [9.17, 15) is 13.2 Å². The Morgan fingerprint density at radius 1 is 1.28 bits per heavy atom. The first-order chi connectivity index (χ1) is 13.8. The van der Waals surface area contributed by atoms with Crippen LogP contribution in [0.4, 0.5) is 5.69 Å². The van der Waals surface area contributed by atoms with Crippen LogP contribution in [0.3, 0.4) is 0 Å². The molecule has 1 amide bonds. The van der Waals surface area contributed by atoms with Crippen LogP contribution in [0.25, 0.3) is 0 Å². The number of amides is 1. The number of rotatable bonds is 3. The van der Waals surface area contributed by atoms with Gasteiger partial charge in [-0.05, 0) is 37.0 Å². The number of carbonyl (C=O) groups is 1. The smallest absolute Gasteiger partial charge is 0.272 e. The third-order valence-electron chi connectivity index (χ3n) is 5.70. The van der Waals surface area contributed by atoms with Gasteiger partial charge in [0, 0.05) is 26.1 Å². The molecule has 9 heteroatoms. The summed E-state index contributed by atoms with van der Waals surface area (Å²) in [5.41, 5.74) is 2.06. The Morgan fingerprint density at radius 2 is 2.03 bits per heavy atom. The predicted octanol–water partition coefficient (Wildman–Crippen LogP) is 2.13. The molecule has 8 nitrogen and oxygen atoms in total. The van der Waals surface area contributed by atoms with Crippen molar-refractivity contribution in [2.45, 2.75) is 43.7 Å². The molecule has 2 aromatic rings. The number of carbonyl (C=O) groups excluding carboxylic acids is 1. The monoisotopic (exact) mass is 417 g/mol. The second-order valence-electron chi connectivity index (χ2n) is 8.13. The Labute approximate surface area is 171 Å². The fourth-order valence-corrected chi connectivity index (χ4v) is 5.45. The lowest BCUT2D eigenvalue weighted by molar-refractivity contribution is 0.0647. The summed E-state index contributed by atoms with van der Waals surface area (Å²) in [6.07, 6.45) is 1.23. The van der Waals surface area contributed by atoms with Crippen molar-refractivity contribution in [3.8, 4) is 0 Å². The van der Waals surface area contributed by atoms with Crippen molar-refractivity contribution in [1.82, 2.24) is 19.4 Å². The van der Waals surface area contributed by atoms with Gasteiger partial charge in [0.25, 0.3) is 5.91 Å². The predicted molar refractivity (Wildman–Crippen MR) is 110 cm³/mol. The van der Waals surface area contributed by atoms with Gasteiger partial charge in [-0.25, -0.2) is 8.42 Å². The van der Waals surface area contributed by atoms with E-state index in [1.807, 2.05) is 30.9 Å². The lowest BCUT2D eigenvalue weighted by Crippen LogP contribution is -2.54. The number of aromatic nitrogens is 2. The summed E-state index contributed by atoms with van der Waals surface area (Å²) in [4.78, 5) is 15.2. The fraction of sp³-hybridized carbons (Fsp3) is 0.500. The normalized spacial score (nSPS) is 23.5. The molecule has 1 aromatic carbocycles. The number of hydrogen-bond acceptors (Lipinski definition) is 5. The van der Waals surface area contributed by atoms with E-state index in [1.165, 1.54) is 0 Å². The van der Waals surface area contributed by atoms with Crippen molar-refractivity contribution < 1.29 is 13.2 Å². The van der Waals surface area contributed by atoms with Gasteiger partial charge in [-0.15, -0.1) is 0 Å². The van der Waals surface area contributed by atoms with E-state index in [4.69, 9.17) is 0 Å². The van der Waals surface area contributed by atoms with Gasteiger partial charge < -0.3 is 10.2 Å². The van der Waals surface area contributed by atoms with Gasteiger partial charge >= 0.3 is 0 Å². The van der Waals surface area contributed by atoms with Crippen LogP contribution in [-0.2, 0) is 17.1 Å². The van der Waals surface area contributed by atoms with E-state index >= 15 is 0 Å². The van der Waals surface area contributed by atoms with Crippen molar-refractivity contribution in [3.63, 3.8) is 0 Å². The van der Waals surface area contributed by atoms with E-state index in [0.29, 0.717) is 24.5 Å². The lowest BCUT2D eigenvalue weighted by Gasteiger charge is -2.39. The first kappa shape index (κ1) is 19.9. The third-order valence-corrected chi connectivity index (χ3v) is 7.19. The zero-order valence-corrected chi connectivity index (χ0v) is 17.7. The summed E-state index contributed by atoms with van der Waals surface area (Å²) in [5, 5.41) is 7.75. The van der Waals surface area contributed by atoms with Crippen molar-refractivity contribution in [3.05, 3.63) is 41.7 Å². The van der Waals surface area contributed by atoms with Crippen LogP contribution < -0.4 is 10.0 Å². The largest absolute Gasteiger partial charge is 0.368 e. The molecule has 0 aliphatic carbocycles. The van der Waals surface area contributed by atoms with E-state index < -0.39 is 16.2 Å². The lowest BCUT2D eigenvalue weighted by atomic mass is 9.94. The highest BCUT2D eigenvalue weighted by atomic mass is 32.2. The average Bonchev–Trinajstić information content (AvgIpc) is 3.09. The molecule has 29 heavy (non-hydrogen) atoms. The number of likely N-dealkylation sites (tertiary alicyclic amines) is 1. The highest BCUT2D eigenvalue weighted by Crippen LogP contribution is 2.30. The molecular weight excluding hydrogens is 390 g/mol. The number of anilines is 1. The van der Waals surface area contributed by atoms with Gasteiger partial charge in [-0.3, -0.25) is 9.48 Å². The summed E-state index contributed by atoms with van der Waals surface area (Å²) < 4.78 is 29.7. The molecule has 2 atom stereocenters. The molecule has 1 saturated heterocycles. The molecule has 0 spiro atoms. The summed E-state index contributed by atoms with van der Waals surface area (Å²) >= 11 is 0. The van der Waals surface area contributed by atoms with Crippen LogP contribution in [-0.4, -0.2) is 48.3 Å².